The first-order valence-corrected chi connectivity index (χ1v) is 9.37. The van der Waals surface area contributed by atoms with Crippen molar-refractivity contribution in [2.24, 2.45) is 0 Å². The van der Waals surface area contributed by atoms with E-state index in [2.05, 4.69) is 59.1 Å². The quantitative estimate of drug-likeness (QED) is 0.815. The molecule has 2 heterocycles. The molecule has 1 atom stereocenters. The third-order valence-electron chi connectivity index (χ3n) is 4.51. The Morgan fingerprint density at radius 1 is 1.30 bits per heavy atom. The first kappa shape index (κ1) is 16.5. The molecule has 0 aliphatic carbocycles. The minimum absolute atomic E-state index is 0.215. The predicted octanol–water partition coefficient (Wildman–Crippen LogP) is 4.30. The smallest absolute Gasteiger partial charge is 0.0701 e. The summed E-state index contributed by atoms with van der Waals surface area (Å²) in [6.07, 6.45) is 5.23. The highest BCUT2D eigenvalue weighted by Gasteiger charge is 2.35. The predicted molar refractivity (Wildman–Crippen MR) is 92.7 cm³/mol. The van der Waals surface area contributed by atoms with Crippen LogP contribution in [0.25, 0.3) is 0 Å². The Hall–Kier alpha value is 0.1000. The number of rotatable bonds is 6. The van der Waals surface area contributed by atoms with Gasteiger partial charge in [0.05, 0.1) is 3.79 Å². The average molecular weight is 359 g/mol. The van der Waals surface area contributed by atoms with Crippen LogP contribution in [0.5, 0.6) is 0 Å². The lowest BCUT2D eigenvalue weighted by Crippen LogP contribution is -2.59. The number of hydrogen-bond acceptors (Lipinski definition) is 3. The fourth-order valence-corrected chi connectivity index (χ4v) is 4.70. The number of nitrogens with one attached hydrogen (secondary N) is 1. The number of piperidine rings is 1. The zero-order valence-electron chi connectivity index (χ0n) is 12.9. The summed E-state index contributed by atoms with van der Waals surface area (Å²) < 4.78 is 1.23. The first-order valence-electron chi connectivity index (χ1n) is 7.76. The summed E-state index contributed by atoms with van der Waals surface area (Å²) >= 11 is 5.44. The van der Waals surface area contributed by atoms with Crippen LogP contribution in [-0.2, 0) is 6.42 Å². The van der Waals surface area contributed by atoms with E-state index in [0.717, 1.165) is 13.0 Å². The second-order valence-electron chi connectivity index (χ2n) is 6.22. The molecular formula is C16H27BrN2S. The Bertz CT molecular complexity index is 410. The van der Waals surface area contributed by atoms with Crippen LogP contribution < -0.4 is 5.32 Å². The molecule has 0 aromatic carbocycles. The monoisotopic (exact) mass is 358 g/mol. The number of halogens is 1. The number of thiophene rings is 1. The maximum atomic E-state index is 3.73. The van der Waals surface area contributed by atoms with Crippen LogP contribution in [0.1, 0.15) is 44.9 Å². The van der Waals surface area contributed by atoms with Gasteiger partial charge in [-0.1, -0.05) is 13.3 Å². The summed E-state index contributed by atoms with van der Waals surface area (Å²) in [5.74, 6) is 0. The third-order valence-corrected chi connectivity index (χ3v) is 6.15. The first-order chi connectivity index (χ1) is 9.54. The minimum Gasteiger partial charge on any atom is -0.312 e. The maximum Gasteiger partial charge on any atom is 0.0701 e. The van der Waals surface area contributed by atoms with Crippen molar-refractivity contribution in [3.63, 3.8) is 0 Å². The molecule has 1 unspecified atom stereocenters. The van der Waals surface area contributed by atoms with Crippen LogP contribution >= 0.6 is 27.3 Å². The Morgan fingerprint density at radius 2 is 2.00 bits per heavy atom. The van der Waals surface area contributed by atoms with Gasteiger partial charge in [-0.25, -0.2) is 0 Å². The lowest BCUT2D eigenvalue weighted by molar-refractivity contribution is 0.0618. The van der Waals surface area contributed by atoms with Gasteiger partial charge in [0.15, 0.2) is 0 Å². The van der Waals surface area contributed by atoms with Gasteiger partial charge in [-0.2, -0.15) is 0 Å². The second kappa shape index (κ2) is 7.39. The lowest BCUT2D eigenvalue weighted by Gasteiger charge is -2.46. The molecule has 2 nitrogen and oxygen atoms in total. The van der Waals surface area contributed by atoms with E-state index < -0.39 is 0 Å². The Kier molecular flexibility index (Phi) is 6.09. The van der Waals surface area contributed by atoms with E-state index >= 15 is 0 Å². The van der Waals surface area contributed by atoms with Crippen molar-refractivity contribution < 1.29 is 0 Å². The molecule has 4 heteroatoms. The van der Waals surface area contributed by atoms with Crippen molar-refractivity contribution in [2.75, 3.05) is 19.6 Å². The van der Waals surface area contributed by atoms with Gasteiger partial charge in [-0.3, -0.25) is 4.90 Å². The molecule has 1 aliphatic rings. The Balaban J connectivity index is 2.08. The summed E-state index contributed by atoms with van der Waals surface area (Å²) in [7, 11) is 0. The molecule has 114 valence electrons. The molecule has 1 N–H and O–H groups in total. The Morgan fingerprint density at radius 3 is 2.55 bits per heavy atom. The summed E-state index contributed by atoms with van der Waals surface area (Å²) in [5.41, 5.74) is 0.215. The third kappa shape index (κ3) is 4.06. The van der Waals surface area contributed by atoms with E-state index in [4.69, 9.17) is 0 Å². The molecule has 1 saturated heterocycles. The minimum atomic E-state index is 0.215. The normalized spacial score (nSPS) is 19.2. The molecule has 1 fully saturated rings. The number of hydrogen-bond donors (Lipinski definition) is 1. The van der Waals surface area contributed by atoms with E-state index in [1.54, 1.807) is 0 Å². The van der Waals surface area contributed by atoms with Gasteiger partial charge in [0.25, 0.3) is 0 Å². The van der Waals surface area contributed by atoms with Crippen molar-refractivity contribution in [3.8, 4) is 0 Å². The largest absolute Gasteiger partial charge is 0.312 e. The zero-order valence-corrected chi connectivity index (χ0v) is 15.3. The molecular weight excluding hydrogens is 332 g/mol. The molecule has 20 heavy (non-hydrogen) atoms. The molecule has 1 aromatic rings. The van der Waals surface area contributed by atoms with E-state index in [-0.39, 0.29) is 5.54 Å². The van der Waals surface area contributed by atoms with Crippen molar-refractivity contribution in [3.05, 3.63) is 20.8 Å². The van der Waals surface area contributed by atoms with Crippen LogP contribution in [-0.4, -0.2) is 36.1 Å². The molecule has 0 bridgehead atoms. The highest BCUT2D eigenvalue weighted by atomic mass is 79.9. The summed E-state index contributed by atoms with van der Waals surface area (Å²) in [6.45, 7) is 10.6. The number of likely N-dealkylation sites (tertiary alicyclic amines) is 1. The van der Waals surface area contributed by atoms with Gasteiger partial charge in [-0.15, -0.1) is 11.3 Å². The van der Waals surface area contributed by atoms with Gasteiger partial charge in [0.2, 0.25) is 0 Å². The molecule has 0 saturated carbocycles. The van der Waals surface area contributed by atoms with Gasteiger partial charge in [-0.05, 0) is 80.8 Å². The summed E-state index contributed by atoms with van der Waals surface area (Å²) in [4.78, 5) is 4.15. The number of nitrogens with zero attached hydrogens (tertiary/aromatic N) is 1. The van der Waals surface area contributed by atoms with Gasteiger partial charge in [0.1, 0.15) is 0 Å². The van der Waals surface area contributed by atoms with Crippen LogP contribution in [0, 0.1) is 0 Å². The second-order valence-corrected chi connectivity index (χ2v) is 8.77. The van der Waals surface area contributed by atoms with Crippen LogP contribution in [0.15, 0.2) is 15.9 Å². The van der Waals surface area contributed by atoms with Crippen molar-refractivity contribution in [1.29, 1.82) is 0 Å². The van der Waals surface area contributed by atoms with Crippen LogP contribution in [0.3, 0.4) is 0 Å². The lowest BCUT2D eigenvalue weighted by atomic mass is 9.87. The molecule has 0 spiro atoms. The van der Waals surface area contributed by atoms with E-state index in [9.17, 15) is 0 Å². The average Bonchev–Trinajstić information content (AvgIpc) is 2.85. The van der Waals surface area contributed by atoms with E-state index in [0.29, 0.717) is 6.04 Å². The summed E-state index contributed by atoms with van der Waals surface area (Å²) in [6, 6.07) is 4.93. The topological polar surface area (TPSA) is 15.3 Å². The van der Waals surface area contributed by atoms with Crippen LogP contribution in [0.4, 0.5) is 0 Å². The van der Waals surface area contributed by atoms with Crippen molar-refractivity contribution in [2.45, 2.75) is 58.0 Å². The molecule has 0 amide bonds. The standard InChI is InChI=1S/C16H27BrN2S/c1-4-18-14(12-13-8-9-15(17)20-13)16(2,3)19-10-6-5-7-11-19/h8-9,14,18H,4-7,10-12H2,1-3H3. The SMILES string of the molecule is CCNC(Cc1ccc(Br)s1)C(C)(C)N1CCCCC1. The molecule has 2 rings (SSSR count). The summed E-state index contributed by atoms with van der Waals surface area (Å²) in [5, 5.41) is 3.73. The highest BCUT2D eigenvalue weighted by molar-refractivity contribution is 9.11. The fraction of sp³-hybridized carbons (Fsp3) is 0.750. The maximum absolute atomic E-state index is 3.73. The van der Waals surface area contributed by atoms with Crippen molar-refractivity contribution >= 4 is 27.3 Å². The van der Waals surface area contributed by atoms with Gasteiger partial charge >= 0.3 is 0 Å². The van der Waals surface area contributed by atoms with E-state index in [1.165, 1.54) is 41.0 Å². The zero-order chi connectivity index (χ0) is 14.6. The molecule has 0 radical (unpaired) electrons. The van der Waals surface area contributed by atoms with Gasteiger partial charge in [0, 0.05) is 16.5 Å². The Labute approximate surface area is 136 Å². The van der Waals surface area contributed by atoms with E-state index in [1.807, 2.05) is 11.3 Å². The number of likely N-dealkylation sites (N-methyl/N-ethyl adjacent to an activating group) is 1. The molecule has 1 aromatic heterocycles. The fourth-order valence-electron chi connectivity index (χ4n) is 3.17. The molecule has 1 aliphatic heterocycles. The van der Waals surface area contributed by atoms with Gasteiger partial charge < -0.3 is 5.32 Å². The van der Waals surface area contributed by atoms with Crippen LogP contribution in [0.2, 0.25) is 0 Å². The highest BCUT2D eigenvalue weighted by Crippen LogP contribution is 2.29. The van der Waals surface area contributed by atoms with Crippen molar-refractivity contribution in [1.82, 2.24) is 10.2 Å².